The Morgan fingerprint density at radius 1 is 1.14 bits per heavy atom. The molecule has 0 radical (unpaired) electrons. The van der Waals surface area contributed by atoms with Crippen LogP contribution in [0.15, 0.2) is 36.4 Å². The number of nitrogen functional groups attached to an aromatic ring is 1. The molecule has 3 N–H and O–H groups in total. The molecule has 3 rings (SSSR count). The fourth-order valence-corrected chi connectivity index (χ4v) is 2.67. The molecule has 0 atom stereocenters. The van der Waals surface area contributed by atoms with E-state index in [-0.39, 0.29) is 25.1 Å². The zero-order valence-electron chi connectivity index (χ0n) is 15.7. The molecule has 0 aromatic heterocycles. The Balaban J connectivity index is 0.00000280. The van der Waals surface area contributed by atoms with Crippen LogP contribution in [0.5, 0.6) is 17.2 Å². The predicted octanol–water partition coefficient (Wildman–Crippen LogP) is 3.41. The molecular weight excluding hydrogens is 384 g/mol. The summed E-state index contributed by atoms with van der Waals surface area (Å²) in [5, 5.41) is 2.80. The number of benzene rings is 2. The van der Waals surface area contributed by atoms with E-state index in [1.54, 1.807) is 19.2 Å². The van der Waals surface area contributed by atoms with E-state index >= 15 is 0 Å². The minimum Gasteiger partial charge on any atom is -0.494 e. The van der Waals surface area contributed by atoms with Gasteiger partial charge < -0.3 is 30.0 Å². The molecule has 152 valence electrons. The first-order valence-corrected chi connectivity index (χ1v) is 8.85. The Hall–Kier alpha value is -2.64. The Kier molecular flexibility index (Phi) is 8.22. The number of anilines is 2. The van der Waals surface area contributed by atoms with Crippen LogP contribution in [0, 0.1) is 0 Å². The minimum atomic E-state index is -0.126. The third-order valence-electron chi connectivity index (χ3n) is 4.15. The summed E-state index contributed by atoms with van der Waals surface area (Å²) in [5.74, 6) is 1.83. The monoisotopic (exact) mass is 408 g/mol. The molecule has 1 aliphatic rings. The van der Waals surface area contributed by atoms with Gasteiger partial charge >= 0.3 is 0 Å². The highest BCUT2D eigenvalue weighted by Crippen LogP contribution is 2.38. The molecule has 0 saturated carbocycles. The van der Waals surface area contributed by atoms with E-state index in [1.165, 1.54) is 5.56 Å². The Morgan fingerprint density at radius 2 is 1.86 bits per heavy atom. The van der Waals surface area contributed by atoms with Gasteiger partial charge in [0.25, 0.3) is 0 Å². The fourth-order valence-electron chi connectivity index (χ4n) is 2.67. The third-order valence-corrected chi connectivity index (χ3v) is 4.15. The van der Waals surface area contributed by atoms with Crippen molar-refractivity contribution in [1.29, 1.82) is 0 Å². The molecule has 1 amide bonds. The highest BCUT2D eigenvalue weighted by Gasteiger charge is 2.17. The molecule has 0 unspecified atom stereocenters. The summed E-state index contributed by atoms with van der Waals surface area (Å²) in [6, 6.07) is 11.2. The molecule has 0 spiro atoms. The van der Waals surface area contributed by atoms with Crippen molar-refractivity contribution in [3.63, 3.8) is 0 Å². The number of methoxy groups -OCH3 is 1. The van der Waals surface area contributed by atoms with E-state index < -0.39 is 0 Å². The molecule has 2 aromatic carbocycles. The smallest absolute Gasteiger partial charge is 0.231 e. The van der Waals surface area contributed by atoms with Gasteiger partial charge in [0.05, 0.1) is 24.6 Å². The van der Waals surface area contributed by atoms with Gasteiger partial charge in [-0.25, -0.2) is 0 Å². The Morgan fingerprint density at radius 3 is 2.57 bits per heavy atom. The van der Waals surface area contributed by atoms with E-state index in [2.05, 4.69) is 5.32 Å². The molecule has 8 heteroatoms. The largest absolute Gasteiger partial charge is 0.494 e. The van der Waals surface area contributed by atoms with Crippen LogP contribution in [-0.4, -0.2) is 33.0 Å². The summed E-state index contributed by atoms with van der Waals surface area (Å²) in [5.41, 5.74) is 8.10. The van der Waals surface area contributed by atoms with E-state index in [0.29, 0.717) is 48.9 Å². The van der Waals surface area contributed by atoms with Crippen LogP contribution in [0.4, 0.5) is 11.4 Å². The lowest BCUT2D eigenvalue weighted by Crippen LogP contribution is -2.14. The zero-order chi connectivity index (χ0) is 19.1. The van der Waals surface area contributed by atoms with Crippen LogP contribution in [0.25, 0.3) is 0 Å². The number of rotatable bonds is 9. The number of fused-ring (bicyclic) bond motifs is 1. The van der Waals surface area contributed by atoms with E-state index in [4.69, 9.17) is 24.7 Å². The minimum absolute atomic E-state index is 0. The number of nitrogens with two attached hydrogens (primary N) is 1. The first-order valence-electron chi connectivity index (χ1n) is 8.85. The second-order valence-electron chi connectivity index (χ2n) is 6.18. The van der Waals surface area contributed by atoms with Crippen molar-refractivity contribution >= 4 is 29.7 Å². The molecule has 0 fully saturated rings. The summed E-state index contributed by atoms with van der Waals surface area (Å²) < 4.78 is 21.3. The highest BCUT2D eigenvalue weighted by molar-refractivity contribution is 5.94. The summed E-state index contributed by atoms with van der Waals surface area (Å²) in [4.78, 5) is 12.1. The number of hydrogen-bond acceptors (Lipinski definition) is 6. The molecule has 1 aliphatic heterocycles. The van der Waals surface area contributed by atoms with Crippen molar-refractivity contribution in [1.82, 2.24) is 0 Å². The van der Waals surface area contributed by atoms with E-state index in [0.717, 1.165) is 12.2 Å². The standard InChI is InChI=1S/C20H24N2O5.ClH/c1-24-10-8-14-4-6-15(7-5-14)25-9-2-3-20(23)22-17-12-19-18(11-16(17)21)26-13-27-19;/h4-7,11-12H,2-3,8-10,13,21H2,1H3,(H,22,23);1H. The SMILES string of the molecule is COCCc1ccc(OCCCC(=O)Nc2cc3c(cc2N)OCO3)cc1.Cl. The van der Waals surface area contributed by atoms with Crippen LogP contribution in [0.2, 0.25) is 0 Å². The lowest BCUT2D eigenvalue weighted by molar-refractivity contribution is -0.116. The lowest BCUT2D eigenvalue weighted by atomic mass is 10.1. The molecule has 0 saturated heterocycles. The van der Waals surface area contributed by atoms with Crippen LogP contribution >= 0.6 is 12.4 Å². The third kappa shape index (κ3) is 5.94. The van der Waals surface area contributed by atoms with Gasteiger partial charge in [0, 0.05) is 25.7 Å². The van der Waals surface area contributed by atoms with Crippen LogP contribution in [0.1, 0.15) is 18.4 Å². The summed E-state index contributed by atoms with van der Waals surface area (Å²) >= 11 is 0. The van der Waals surface area contributed by atoms with Gasteiger partial charge in [0.1, 0.15) is 5.75 Å². The lowest BCUT2D eigenvalue weighted by Gasteiger charge is -2.10. The molecule has 28 heavy (non-hydrogen) atoms. The van der Waals surface area contributed by atoms with Gasteiger partial charge in [-0.1, -0.05) is 12.1 Å². The number of carbonyl (C=O) groups is 1. The predicted molar refractivity (Wildman–Crippen MR) is 110 cm³/mol. The normalized spacial score (nSPS) is 11.6. The number of ether oxygens (including phenoxy) is 4. The van der Waals surface area contributed by atoms with Gasteiger partial charge in [-0.05, 0) is 30.5 Å². The van der Waals surface area contributed by atoms with Crippen molar-refractivity contribution in [3.8, 4) is 17.2 Å². The maximum atomic E-state index is 12.1. The van der Waals surface area contributed by atoms with Gasteiger partial charge in [-0.2, -0.15) is 0 Å². The van der Waals surface area contributed by atoms with Gasteiger partial charge in [0.15, 0.2) is 11.5 Å². The Labute approximate surface area is 170 Å². The van der Waals surface area contributed by atoms with Crippen molar-refractivity contribution in [2.75, 3.05) is 38.2 Å². The average molecular weight is 409 g/mol. The average Bonchev–Trinajstić information content (AvgIpc) is 3.12. The van der Waals surface area contributed by atoms with Crippen LogP contribution in [0.3, 0.4) is 0 Å². The molecule has 0 aliphatic carbocycles. The maximum Gasteiger partial charge on any atom is 0.231 e. The summed E-state index contributed by atoms with van der Waals surface area (Å²) in [7, 11) is 1.69. The maximum absolute atomic E-state index is 12.1. The zero-order valence-corrected chi connectivity index (χ0v) is 16.6. The molecule has 1 heterocycles. The number of amides is 1. The summed E-state index contributed by atoms with van der Waals surface area (Å²) in [6.45, 7) is 1.32. The Bertz CT molecular complexity index is 783. The number of carbonyl (C=O) groups excluding carboxylic acids is 1. The summed E-state index contributed by atoms with van der Waals surface area (Å²) in [6.07, 6.45) is 1.81. The van der Waals surface area contributed by atoms with Crippen molar-refractivity contribution in [3.05, 3.63) is 42.0 Å². The fraction of sp³-hybridized carbons (Fsp3) is 0.350. The molecule has 2 aromatic rings. The van der Waals surface area contributed by atoms with Gasteiger partial charge in [-0.3, -0.25) is 4.79 Å². The first-order chi connectivity index (χ1) is 13.2. The second-order valence-corrected chi connectivity index (χ2v) is 6.18. The highest BCUT2D eigenvalue weighted by atomic mass is 35.5. The van der Waals surface area contributed by atoms with E-state index in [1.807, 2.05) is 24.3 Å². The molecular formula is C20H25ClN2O5. The number of hydrogen-bond donors (Lipinski definition) is 2. The quantitative estimate of drug-likeness (QED) is 0.488. The van der Waals surface area contributed by atoms with E-state index in [9.17, 15) is 4.79 Å². The van der Waals surface area contributed by atoms with Crippen molar-refractivity contribution < 1.29 is 23.7 Å². The number of halogens is 1. The van der Waals surface area contributed by atoms with Gasteiger partial charge in [-0.15, -0.1) is 12.4 Å². The molecule has 7 nitrogen and oxygen atoms in total. The van der Waals surface area contributed by atoms with Crippen LogP contribution in [-0.2, 0) is 16.0 Å². The van der Waals surface area contributed by atoms with Crippen LogP contribution < -0.4 is 25.3 Å². The number of nitrogens with one attached hydrogen (secondary N) is 1. The molecule has 0 bridgehead atoms. The van der Waals surface area contributed by atoms with Gasteiger partial charge in [0.2, 0.25) is 12.7 Å². The first kappa shape index (κ1) is 21.7. The van der Waals surface area contributed by atoms with Crippen molar-refractivity contribution in [2.24, 2.45) is 0 Å². The topological polar surface area (TPSA) is 92.0 Å². The second kappa shape index (κ2) is 10.6. The van der Waals surface area contributed by atoms with Crippen molar-refractivity contribution in [2.45, 2.75) is 19.3 Å².